The van der Waals surface area contributed by atoms with Crippen molar-refractivity contribution in [3.63, 3.8) is 0 Å². The van der Waals surface area contributed by atoms with E-state index in [2.05, 4.69) is 10.3 Å². The van der Waals surface area contributed by atoms with E-state index in [0.717, 1.165) is 11.3 Å². The number of imidazole rings is 1. The maximum atomic E-state index is 12.5. The van der Waals surface area contributed by atoms with Gasteiger partial charge in [0.25, 0.3) is 0 Å². The number of nitrogens with one attached hydrogen (secondary N) is 1. The van der Waals surface area contributed by atoms with Gasteiger partial charge in [0.2, 0.25) is 0 Å². The van der Waals surface area contributed by atoms with E-state index in [1.807, 2.05) is 35.0 Å². The van der Waals surface area contributed by atoms with Crippen LogP contribution in [0.15, 0.2) is 43.0 Å². The van der Waals surface area contributed by atoms with E-state index >= 15 is 0 Å². The maximum absolute atomic E-state index is 12.5. The third-order valence-electron chi connectivity index (χ3n) is 4.46. The molecule has 0 radical (unpaired) electrons. The van der Waals surface area contributed by atoms with Gasteiger partial charge in [-0.25, -0.2) is 9.78 Å². The fourth-order valence-electron chi connectivity index (χ4n) is 3.07. The number of carbonyl (C=O) groups is 1. The molecule has 1 saturated heterocycles. The Labute approximate surface area is 155 Å². The highest BCUT2D eigenvalue weighted by Gasteiger charge is 2.31. The molecular weight excluding hydrogens is 359 g/mol. The fourth-order valence-corrected chi connectivity index (χ4v) is 3.07. The van der Waals surface area contributed by atoms with E-state index in [1.54, 1.807) is 17.4 Å². The number of rotatable bonds is 4. The number of alkyl halides is 3. The molecule has 1 aromatic carbocycles. The molecule has 2 heterocycles. The molecule has 0 unspecified atom stereocenters. The summed E-state index contributed by atoms with van der Waals surface area (Å²) in [5, 5.41) is 2.84. The molecule has 146 valence electrons. The molecular formula is C18H22F3N5O. The van der Waals surface area contributed by atoms with Gasteiger partial charge in [-0.1, -0.05) is 12.1 Å². The number of urea groups is 1. The summed E-state index contributed by atoms with van der Waals surface area (Å²) in [4.78, 5) is 19.3. The smallest absolute Gasteiger partial charge is 0.334 e. The van der Waals surface area contributed by atoms with Gasteiger partial charge in [0.05, 0.1) is 12.9 Å². The number of benzene rings is 1. The monoisotopic (exact) mass is 381 g/mol. The Morgan fingerprint density at radius 3 is 2.56 bits per heavy atom. The second-order valence-electron chi connectivity index (χ2n) is 6.53. The standard InChI is InChI=1S/C18H22F3N5O/c19-18(20,21)13-24-7-1-8-25(11-10-24)17(27)23-12-15-2-4-16(5-3-15)26-9-6-22-14-26/h2-6,9,14H,1,7-8,10-13H2,(H,23,27). The SMILES string of the molecule is O=C(NCc1ccc(-n2ccnc2)cc1)N1CCCN(CC(F)(F)F)CC1. The Kier molecular flexibility index (Phi) is 6.00. The summed E-state index contributed by atoms with van der Waals surface area (Å²) >= 11 is 0. The highest BCUT2D eigenvalue weighted by atomic mass is 19.4. The van der Waals surface area contributed by atoms with Crippen molar-refractivity contribution in [2.75, 3.05) is 32.7 Å². The van der Waals surface area contributed by atoms with E-state index < -0.39 is 12.7 Å². The molecule has 2 aromatic rings. The molecule has 1 aliphatic heterocycles. The van der Waals surface area contributed by atoms with E-state index in [1.165, 1.54) is 4.90 Å². The van der Waals surface area contributed by atoms with Gasteiger partial charge >= 0.3 is 12.2 Å². The fraction of sp³-hybridized carbons (Fsp3) is 0.444. The van der Waals surface area contributed by atoms with E-state index in [4.69, 9.17) is 0 Å². The van der Waals surface area contributed by atoms with Gasteiger partial charge in [-0.05, 0) is 24.1 Å². The lowest BCUT2D eigenvalue weighted by Gasteiger charge is -2.23. The van der Waals surface area contributed by atoms with Crippen LogP contribution in [0.25, 0.3) is 5.69 Å². The molecule has 1 N–H and O–H groups in total. The summed E-state index contributed by atoms with van der Waals surface area (Å²) in [5.74, 6) is 0. The van der Waals surface area contributed by atoms with Gasteiger partial charge in [0.15, 0.2) is 0 Å². The van der Waals surface area contributed by atoms with E-state index in [0.29, 0.717) is 32.6 Å². The van der Waals surface area contributed by atoms with Crippen LogP contribution >= 0.6 is 0 Å². The molecule has 0 aliphatic carbocycles. The molecule has 9 heteroatoms. The minimum absolute atomic E-state index is 0.229. The number of hydrogen-bond acceptors (Lipinski definition) is 3. The predicted molar refractivity (Wildman–Crippen MR) is 94.5 cm³/mol. The Morgan fingerprint density at radius 2 is 1.89 bits per heavy atom. The first-order valence-corrected chi connectivity index (χ1v) is 8.80. The maximum Gasteiger partial charge on any atom is 0.401 e. The summed E-state index contributed by atoms with van der Waals surface area (Å²) in [6, 6.07) is 7.46. The first kappa shape index (κ1) is 19.2. The van der Waals surface area contributed by atoms with Crippen LogP contribution in [0.1, 0.15) is 12.0 Å². The quantitative estimate of drug-likeness (QED) is 0.886. The molecule has 0 saturated carbocycles. The highest BCUT2D eigenvalue weighted by molar-refractivity contribution is 5.74. The lowest BCUT2D eigenvalue weighted by atomic mass is 10.2. The van der Waals surface area contributed by atoms with Crippen LogP contribution in [-0.4, -0.2) is 64.3 Å². The van der Waals surface area contributed by atoms with Gasteiger partial charge in [-0.15, -0.1) is 0 Å². The molecule has 1 aromatic heterocycles. The second-order valence-corrected chi connectivity index (χ2v) is 6.53. The Balaban J connectivity index is 1.47. The van der Waals surface area contributed by atoms with Crippen molar-refractivity contribution in [3.05, 3.63) is 48.5 Å². The van der Waals surface area contributed by atoms with Gasteiger partial charge in [0, 0.05) is 50.8 Å². The zero-order valence-electron chi connectivity index (χ0n) is 14.8. The second kappa shape index (κ2) is 8.43. The van der Waals surface area contributed by atoms with Crippen molar-refractivity contribution in [3.8, 4) is 5.69 Å². The zero-order chi connectivity index (χ0) is 19.3. The molecule has 2 amide bonds. The molecule has 0 spiro atoms. The summed E-state index contributed by atoms with van der Waals surface area (Å²) in [5.41, 5.74) is 1.92. The molecule has 0 bridgehead atoms. The summed E-state index contributed by atoms with van der Waals surface area (Å²) < 4.78 is 39.4. The average molecular weight is 381 g/mol. The van der Waals surface area contributed by atoms with Crippen LogP contribution in [0, 0.1) is 0 Å². The normalized spacial score (nSPS) is 16.2. The number of carbonyl (C=O) groups excluding carboxylic acids is 1. The number of hydrogen-bond donors (Lipinski definition) is 1. The van der Waals surface area contributed by atoms with Crippen LogP contribution in [-0.2, 0) is 6.54 Å². The van der Waals surface area contributed by atoms with Gasteiger partial charge in [0.1, 0.15) is 0 Å². The first-order valence-electron chi connectivity index (χ1n) is 8.80. The van der Waals surface area contributed by atoms with Crippen LogP contribution < -0.4 is 5.32 Å². The molecule has 6 nitrogen and oxygen atoms in total. The van der Waals surface area contributed by atoms with E-state index in [9.17, 15) is 18.0 Å². The predicted octanol–water partition coefficient (Wildman–Crippen LogP) is 2.65. The topological polar surface area (TPSA) is 53.4 Å². The average Bonchev–Trinajstić information content (AvgIpc) is 3.07. The molecule has 27 heavy (non-hydrogen) atoms. The van der Waals surface area contributed by atoms with Gasteiger partial charge in [-0.3, -0.25) is 4.90 Å². The molecule has 0 atom stereocenters. The van der Waals surface area contributed by atoms with Crippen molar-refractivity contribution < 1.29 is 18.0 Å². The van der Waals surface area contributed by atoms with Gasteiger partial charge < -0.3 is 14.8 Å². The Morgan fingerprint density at radius 1 is 1.11 bits per heavy atom. The number of nitrogens with zero attached hydrogens (tertiary/aromatic N) is 4. The highest BCUT2D eigenvalue weighted by Crippen LogP contribution is 2.17. The van der Waals surface area contributed by atoms with Crippen LogP contribution in [0.5, 0.6) is 0 Å². The van der Waals surface area contributed by atoms with Crippen molar-refractivity contribution >= 4 is 6.03 Å². The first-order chi connectivity index (χ1) is 12.9. The van der Waals surface area contributed by atoms with Crippen molar-refractivity contribution in [1.29, 1.82) is 0 Å². The lowest BCUT2D eigenvalue weighted by molar-refractivity contribution is -0.145. The van der Waals surface area contributed by atoms with Crippen molar-refractivity contribution in [1.82, 2.24) is 24.7 Å². The number of halogens is 3. The minimum atomic E-state index is -4.21. The van der Waals surface area contributed by atoms with Crippen LogP contribution in [0.2, 0.25) is 0 Å². The number of amides is 2. The third kappa shape index (κ3) is 5.72. The molecule has 1 aliphatic rings. The Bertz CT molecular complexity index is 730. The minimum Gasteiger partial charge on any atom is -0.334 e. The zero-order valence-corrected chi connectivity index (χ0v) is 14.8. The van der Waals surface area contributed by atoms with Gasteiger partial charge in [-0.2, -0.15) is 13.2 Å². The lowest BCUT2D eigenvalue weighted by Crippen LogP contribution is -2.42. The largest absolute Gasteiger partial charge is 0.401 e. The van der Waals surface area contributed by atoms with Crippen molar-refractivity contribution in [2.45, 2.75) is 19.1 Å². The summed E-state index contributed by atoms with van der Waals surface area (Å²) in [6.07, 6.45) is 1.57. The van der Waals surface area contributed by atoms with E-state index in [-0.39, 0.29) is 12.6 Å². The number of aromatic nitrogens is 2. The summed E-state index contributed by atoms with van der Waals surface area (Å²) in [6.45, 7) is 0.768. The van der Waals surface area contributed by atoms with Crippen LogP contribution in [0.4, 0.5) is 18.0 Å². The van der Waals surface area contributed by atoms with Crippen LogP contribution in [0.3, 0.4) is 0 Å². The Hall–Kier alpha value is -2.55. The molecule has 3 rings (SSSR count). The van der Waals surface area contributed by atoms with Crippen molar-refractivity contribution in [2.24, 2.45) is 0 Å². The molecule has 1 fully saturated rings. The third-order valence-corrected chi connectivity index (χ3v) is 4.46. The summed E-state index contributed by atoms with van der Waals surface area (Å²) in [7, 11) is 0.